The Morgan fingerprint density at radius 3 is 2.33 bits per heavy atom. The summed E-state index contributed by atoms with van der Waals surface area (Å²) in [6, 6.07) is -0.324. The van der Waals surface area contributed by atoms with E-state index in [1.807, 2.05) is 13.8 Å². The van der Waals surface area contributed by atoms with Gasteiger partial charge in [-0.1, -0.05) is 13.8 Å². The van der Waals surface area contributed by atoms with Crippen molar-refractivity contribution >= 4 is 21.7 Å². The van der Waals surface area contributed by atoms with Crippen LogP contribution in [0.3, 0.4) is 0 Å². The number of aliphatic carboxylic acids is 1. The molecule has 122 valence electrons. The molecule has 1 aliphatic rings. The lowest BCUT2D eigenvalue weighted by molar-refractivity contribution is -0.139. The molecule has 1 rings (SSSR count). The van der Waals surface area contributed by atoms with E-state index in [0.717, 1.165) is 12.8 Å². The molecule has 7 nitrogen and oxygen atoms in total. The van der Waals surface area contributed by atoms with Crippen LogP contribution in [0.25, 0.3) is 0 Å². The second kappa shape index (κ2) is 7.74. The summed E-state index contributed by atoms with van der Waals surface area (Å²) in [6.45, 7) is 3.53. The van der Waals surface area contributed by atoms with Crippen LogP contribution in [0.1, 0.15) is 33.1 Å². The fraction of sp³-hybridized carbons (Fsp3) is 0.846. The predicted octanol–water partition coefficient (Wildman–Crippen LogP) is -0.135. The molecule has 1 amide bonds. The molecule has 0 aromatic carbocycles. The van der Waals surface area contributed by atoms with Crippen molar-refractivity contribution in [2.24, 2.45) is 0 Å². The second-order valence-corrected chi connectivity index (χ2v) is 7.67. The molecule has 1 fully saturated rings. The Labute approximate surface area is 125 Å². The number of nitrogens with zero attached hydrogens (tertiary/aromatic N) is 1. The number of sulfone groups is 1. The van der Waals surface area contributed by atoms with Gasteiger partial charge in [0.2, 0.25) is 5.91 Å². The maximum absolute atomic E-state index is 12.0. The van der Waals surface area contributed by atoms with E-state index in [9.17, 15) is 18.0 Å². The van der Waals surface area contributed by atoms with Gasteiger partial charge in [-0.15, -0.1) is 0 Å². The van der Waals surface area contributed by atoms with Gasteiger partial charge < -0.3 is 10.4 Å². The van der Waals surface area contributed by atoms with Gasteiger partial charge in [-0.3, -0.25) is 14.5 Å². The van der Waals surface area contributed by atoms with E-state index in [1.165, 1.54) is 4.90 Å². The first-order valence-electron chi connectivity index (χ1n) is 7.23. The number of carbonyl (C=O) groups excluding carboxylic acids is 1. The Bertz CT molecular complexity index is 473. The Kier molecular flexibility index (Phi) is 6.60. The fourth-order valence-electron chi connectivity index (χ4n) is 2.50. The summed E-state index contributed by atoms with van der Waals surface area (Å²) < 4.78 is 23.0. The lowest BCUT2D eigenvalue weighted by Gasteiger charge is -2.26. The van der Waals surface area contributed by atoms with Crippen molar-refractivity contribution in [1.82, 2.24) is 10.2 Å². The quantitative estimate of drug-likeness (QED) is 0.645. The first-order valence-corrected chi connectivity index (χ1v) is 9.05. The van der Waals surface area contributed by atoms with Crippen molar-refractivity contribution in [2.75, 3.05) is 24.6 Å². The maximum Gasteiger partial charge on any atom is 0.317 e. The average Bonchev–Trinajstić information content (AvgIpc) is 2.75. The van der Waals surface area contributed by atoms with Crippen LogP contribution in [0.4, 0.5) is 0 Å². The van der Waals surface area contributed by atoms with Crippen molar-refractivity contribution in [3.8, 4) is 0 Å². The molecule has 0 aromatic heterocycles. The molecule has 1 aliphatic heterocycles. The normalized spacial score (nSPS) is 20.9. The highest BCUT2D eigenvalue weighted by molar-refractivity contribution is 7.91. The van der Waals surface area contributed by atoms with Gasteiger partial charge in [0.15, 0.2) is 9.84 Å². The molecule has 21 heavy (non-hydrogen) atoms. The predicted molar refractivity (Wildman–Crippen MR) is 78.8 cm³/mol. The lowest BCUT2D eigenvalue weighted by atomic mass is 10.1. The number of carboxylic acid groups (broad SMARTS) is 1. The number of carbonyl (C=O) groups is 2. The van der Waals surface area contributed by atoms with Gasteiger partial charge in [0.05, 0.1) is 24.6 Å². The SMILES string of the molecule is CCC(CC)NC(=O)CN(CC(=O)O)C1CCS(=O)(=O)C1. The Balaban J connectivity index is 2.66. The summed E-state index contributed by atoms with van der Waals surface area (Å²) in [5.41, 5.74) is 0. The molecular formula is C13H24N2O5S. The van der Waals surface area contributed by atoms with Gasteiger partial charge in [0, 0.05) is 12.1 Å². The molecule has 0 spiro atoms. The smallest absolute Gasteiger partial charge is 0.317 e. The summed E-state index contributed by atoms with van der Waals surface area (Å²) >= 11 is 0. The number of nitrogens with one attached hydrogen (secondary N) is 1. The minimum absolute atomic E-state index is 0.0575. The van der Waals surface area contributed by atoms with E-state index in [-0.39, 0.29) is 36.5 Å². The molecule has 0 aromatic rings. The average molecular weight is 320 g/mol. The van der Waals surface area contributed by atoms with Gasteiger partial charge in [-0.05, 0) is 19.3 Å². The summed E-state index contributed by atoms with van der Waals surface area (Å²) in [6.07, 6.45) is 1.99. The molecule has 0 aliphatic carbocycles. The standard InChI is InChI=1S/C13H24N2O5S/c1-3-10(4-2)14-12(16)7-15(8-13(17)18)11-5-6-21(19,20)9-11/h10-11H,3-9H2,1-2H3,(H,14,16)(H,17,18). The van der Waals surface area contributed by atoms with E-state index in [0.29, 0.717) is 6.42 Å². The Hall–Kier alpha value is -1.15. The molecule has 8 heteroatoms. The molecule has 0 radical (unpaired) electrons. The fourth-order valence-corrected chi connectivity index (χ4v) is 4.26. The molecule has 2 N–H and O–H groups in total. The molecular weight excluding hydrogens is 296 g/mol. The highest BCUT2D eigenvalue weighted by Gasteiger charge is 2.34. The maximum atomic E-state index is 12.0. The van der Waals surface area contributed by atoms with E-state index >= 15 is 0 Å². The largest absolute Gasteiger partial charge is 0.480 e. The lowest BCUT2D eigenvalue weighted by Crippen LogP contribution is -2.47. The number of hydrogen-bond acceptors (Lipinski definition) is 5. The topological polar surface area (TPSA) is 104 Å². The molecule has 1 heterocycles. The molecule has 0 saturated carbocycles. The minimum atomic E-state index is -3.11. The van der Waals surface area contributed by atoms with E-state index in [2.05, 4.69) is 5.32 Å². The van der Waals surface area contributed by atoms with Crippen LogP contribution in [-0.4, -0.2) is 67.0 Å². The first kappa shape index (κ1) is 17.9. The van der Waals surface area contributed by atoms with Gasteiger partial charge >= 0.3 is 5.97 Å². The van der Waals surface area contributed by atoms with Crippen LogP contribution in [0, 0.1) is 0 Å². The Morgan fingerprint density at radius 1 is 1.29 bits per heavy atom. The van der Waals surface area contributed by atoms with E-state index < -0.39 is 21.8 Å². The summed E-state index contributed by atoms with van der Waals surface area (Å²) in [7, 11) is -3.11. The zero-order valence-electron chi connectivity index (χ0n) is 12.5. The molecule has 1 unspecified atom stereocenters. The third-order valence-corrected chi connectivity index (χ3v) is 5.51. The highest BCUT2D eigenvalue weighted by Crippen LogP contribution is 2.17. The van der Waals surface area contributed by atoms with Crippen LogP contribution < -0.4 is 5.32 Å². The highest BCUT2D eigenvalue weighted by atomic mass is 32.2. The van der Waals surface area contributed by atoms with Crippen LogP contribution in [0.15, 0.2) is 0 Å². The van der Waals surface area contributed by atoms with Crippen LogP contribution >= 0.6 is 0 Å². The summed E-state index contributed by atoms with van der Waals surface area (Å²) in [5, 5.41) is 11.8. The van der Waals surface area contributed by atoms with Crippen LogP contribution in [-0.2, 0) is 19.4 Å². The minimum Gasteiger partial charge on any atom is -0.480 e. The van der Waals surface area contributed by atoms with Crippen molar-refractivity contribution in [2.45, 2.75) is 45.2 Å². The molecule has 0 bridgehead atoms. The van der Waals surface area contributed by atoms with Crippen molar-refractivity contribution in [1.29, 1.82) is 0 Å². The van der Waals surface area contributed by atoms with Gasteiger partial charge in [0.1, 0.15) is 0 Å². The third kappa shape index (κ3) is 6.01. The van der Waals surface area contributed by atoms with Crippen molar-refractivity contribution in [3.05, 3.63) is 0 Å². The summed E-state index contributed by atoms with van der Waals surface area (Å²) in [4.78, 5) is 24.4. The zero-order chi connectivity index (χ0) is 16.0. The number of amides is 1. The second-order valence-electron chi connectivity index (χ2n) is 5.44. The molecule has 1 saturated heterocycles. The monoisotopic (exact) mass is 320 g/mol. The Morgan fingerprint density at radius 2 is 1.90 bits per heavy atom. The zero-order valence-corrected chi connectivity index (χ0v) is 13.4. The number of hydrogen-bond donors (Lipinski definition) is 2. The molecule has 1 atom stereocenters. The number of carboxylic acids is 1. The van der Waals surface area contributed by atoms with Crippen molar-refractivity contribution < 1.29 is 23.1 Å². The van der Waals surface area contributed by atoms with Crippen LogP contribution in [0.2, 0.25) is 0 Å². The van der Waals surface area contributed by atoms with Gasteiger partial charge in [-0.2, -0.15) is 0 Å². The van der Waals surface area contributed by atoms with Crippen LogP contribution in [0.5, 0.6) is 0 Å². The van der Waals surface area contributed by atoms with E-state index in [1.54, 1.807) is 0 Å². The third-order valence-electron chi connectivity index (χ3n) is 3.76. The first-order chi connectivity index (χ1) is 9.77. The van der Waals surface area contributed by atoms with Gasteiger partial charge in [0.25, 0.3) is 0 Å². The van der Waals surface area contributed by atoms with Crippen molar-refractivity contribution in [3.63, 3.8) is 0 Å². The summed E-state index contributed by atoms with van der Waals surface area (Å²) in [5.74, 6) is -1.33. The van der Waals surface area contributed by atoms with Gasteiger partial charge in [-0.25, -0.2) is 8.42 Å². The van der Waals surface area contributed by atoms with E-state index in [4.69, 9.17) is 5.11 Å². The number of rotatable bonds is 8.